The van der Waals surface area contributed by atoms with Gasteiger partial charge in [-0.15, -0.1) is 0 Å². The quantitative estimate of drug-likeness (QED) is 0.583. The molecule has 0 spiro atoms. The Hall–Kier alpha value is -3.06. The smallest absolute Gasteiger partial charge is 0.272 e. The molecule has 31 heavy (non-hydrogen) atoms. The summed E-state index contributed by atoms with van der Waals surface area (Å²) in [6.45, 7) is 3.88. The van der Waals surface area contributed by atoms with Crippen molar-refractivity contribution >= 4 is 16.8 Å². The lowest BCUT2D eigenvalue weighted by Gasteiger charge is -2.32. The van der Waals surface area contributed by atoms with Gasteiger partial charge in [-0.1, -0.05) is 12.1 Å². The lowest BCUT2D eigenvalue weighted by Crippen LogP contribution is -2.39. The van der Waals surface area contributed by atoms with Crippen LogP contribution in [0.4, 0.5) is 0 Å². The Kier molecular flexibility index (Phi) is 6.72. The number of hydrogen-bond donors (Lipinski definition) is 2. The normalized spacial score (nSPS) is 15.2. The predicted octanol–water partition coefficient (Wildman–Crippen LogP) is 3.26. The van der Waals surface area contributed by atoms with Crippen LogP contribution in [-0.2, 0) is 6.42 Å². The van der Waals surface area contributed by atoms with Gasteiger partial charge >= 0.3 is 0 Å². The molecule has 0 atom stereocenters. The zero-order valence-corrected chi connectivity index (χ0v) is 18.2. The number of nitrogens with one attached hydrogen (secondary N) is 2. The summed E-state index contributed by atoms with van der Waals surface area (Å²) in [5, 5.41) is 11.0. The van der Waals surface area contributed by atoms with Crippen molar-refractivity contribution in [3.63, 3.8) is 0 Å². The van der Waals surface area contributed by atoms with Gasteiger partial charge < -0.3 is 19.7 Å². The predicted molar refractivity (Wildman–Crippen MR) is 121 cm³/mol. The zero-order valence-electron chi connectivity index (χ0n) is 18.2. The Morgan fingerprint density at radius 1 is 1.10 bits per heavy atom. The third-order valence-corrected chi connectivity index (χ3v) is 6.12. The van der Waals surface area contributed by atoms with E-state index in [0.29, 0.717) is 23.9 Å². The van der Waals surface area contributed by atoms with E-state index < -0.39 is 0 Å². The first-order valence-electron chi connectivity index (χ1n) is 10.8. The number of rotatable bonds is 8. The first kappa shape index (κ1) is 21.2. The molecule has 0 unspecified atom stereocenters. The Morgan fingerprint density at radius 2 is 1.81 bits per heavy atom. The monoisotopic (exact) mass is 422 g/mol. The molecule has 164 valence electrons. The average Bonchev–Trinajstić information content (AvgIpc) is 3.25. The fourth-order valence-corrected chi connectivity index (χ4v) is 4.11. The summed E-state index contributed by atoms with van der Waals surface area (Å²) in [5.41, 5.74) is 2.58. The van der Waals surface area contributed by atoms with Gasteiger partial charge in [0.25, 0.3) is 5.91 Å². The Balaban J connectivity index is 1.22. The molecule has 1 saturated heterocycles. The standard InChI is InChI=1S/C24H30N4O3/c1-30-19-5-3-17(4-6-19)9-12-28-13-10-18(11-14-28)16-25-24(29)23-21-15-20(31-2)7-8-22(21)26-27-23/h3-8,15,18H,9-14,16H2,1-2H3,(H,25,29)(H,26,27). The van der Waals surface area contributed by atoms with E-state index in [4.69, 9.17) is 9.47 Å². The van der Waals surface area contributed by atoms with Crippen LogP contribution in [0.1, 0.15) is 28.9 Å². The minimum Gasteiger partial charge on any atom is -0.497 e. The van der Waals surface area contributed by atoms with Crippen molar-refractivity contribution in [1.29, 1.82) is 0 Å². The molecule has 1 aromatic heterocycles. The molecule has 0 aliphatic carbocycles. The number of piperidine rings is 1. The van der Waals surface area contributed by atoms with Crippen LogP contribution in [-0.4, -0.2) is 61.4 Å². The number of carbonyl (C=O) groups is 1. The van der Waals surface area contributed by atoms with Crippen LogP contribution in [0, 0.1) is 5.92 Å². The van der Waals surface area contributed by atoms with Crippen molar-refractivity contribution < 1.29 is 14.3 Å². The second-order valence-electron chi connectivity index (χ2n) is 8.08. The van der Waals surface area contributed by atoms with E-state index in [2.05, 4.69) is 32.5 Å². The number of methoxy groups -OCH3 is 2. The van der Waals surface area contributed by atoms with Crippen LogP contribution in [0.25, 0.3) is 10.9 Å². The second-order valence-corrected chi connectivity index (χ2v) is 8.08. The average molecular weight is 423 g/mol. The summed E-state index contributed by atoms with van der Waals surface area (Å²) in [5.74, 6) is 1.97. The highest BCUT2D eigenvalue weighted by atomic mass is 16.5. The van der Waals surface area contributed by atoms with Gasteiger partial charge in [-0.25, -0.2) is 0 Å². The molecular weight excluding hydrogens is 392 g/mol. The summed E-state index contributed by atoms with van der Waals surface area (Å²) in [6.07, 6.45) is 3.23. The Morgan fingerprint density at radius 3 is 2.52 bits per heavy atom. The molecule has 0 radical (unpaired) electrons. The number of likely N-dealkylation sites (tertiary alicyclic amines) is 1. The first-order chi connectivity index (χ1) is 15.2. The molecule has 2 aromatic carbocycles. The van der Waals surface area contributed by atoms with Gasteiger partial charge in [0.2, 0.25) is 0 Å². The van der Waals surface area contributed by atoms with E-state index in [-0.39, 0.29) is 5.91 Å². The van der Waals surface area contributed by atoms with E-state index in [9.17, 15) is 4.79 Å². The molecule has 7 heteroatoms. The van der Waals surface area contributed by atoms with Gasteiger partial charge in [0, 0.05) is 18.5 Å². The molecular formula is C24H30N4O3. The number of benzene rings is 2. The molecule has 0 bridgehead atoms. The maximum atomic E-state index is 12.7. The van der Waals surface area contributed by atoms with Crippen molar-refractivity contribution in [2.24, 2.45) is 5.92 Å². The minimum absolute atomic E-state index is 0.138. The molecule has 1 fully saturated rings. The van der Waals surface area contributed by atoms with Crippen LogP contribution >= 0.6 is 0 Å². The highest BCUT2D eigenvalue weighted by Gasteiger charge is 2.21. The fraction of sp³-hybridized carbons (Fsp3) is 0.417. The number of aromatic nitrogens is 2. The van der Waals surface area contributed by atoms with Gasteiger partial charge in [0.05, 0.1) is 19.7 Å². The Labute approximate surface area is 182 Å². The van der Waals surface area contributed by atoms with Crippen molar-refractivity contribution in [2.75, 3.05) is 40.4 Å². The molecule has 1 aliphatic heterocycles. The maximum absolute atomic E-state index is 12.7. The number of ether oxygens (including phenoxy) is 2. The van der Waals surface area contributed by atoms with Crippen molar-refractivity contribution in [3.8, 4) is 11.5 Å². The number of amides is 1. The molecule has 0 saturated carbocycles. The van der Waals surface area contributed by atoms with E-state index in [1.54, 1.807) is 14.2 Å². The van der Waals surface area contributed by atoms with Crippen LogP contribution < -0.4 is 14.8 Å². The largest absolute Gasteiger partial charge is 0.497 e. The lowest BCUT2D eigenvalue weighted by atomic mass is 9.96. The number of hydrogen-bond acceptors (Lipinski definition) is 5. The highest BCUT2D eigenvalue weighted by molar-refractivity contribution is 6.05. The third kappa shape index (κ3) is 5.17. The maximum Gasteiger partial charge on any atom is 0.272 e. The van der Waals surface area contributed by atoms with Gasteiger partial charge in [-0.3, -0.25) is 9.89 Å². The van der Waals surface area contributed by atoms with Gasteiger partial charge in [-0.05, 0) is 74.2 Å². The zero-order chi connectivity index (χ0) is 21.6. The van der Waals surface area contributed by atoms with Crippen LogP contribution in [0.2, 0.25) is 0 Å². The Bertz CT molecular complexity index is 1010. The lowest BCUT2D eigenvalue weighted by molar-refractivity contribution is 0.0933. The van der Waals surface area contributed by atoms with E-state index in [0.717, 1.165) is 55.5 Å². The molecule has 7 nitrogen and oxygen atoms in total. The second kappa shape index (κ2) is 9.83. The molecule has 2 N–H and O–H groups in total. The summed E-state index contributed by atoms with van der Waals surface area (Å²) in [6, 6.07) is 13.9. The number of carbonyl (C=O) groups excluding carboxylic acids is 1. The first-order valence-corrected chi connectivity index (χ1v) is 10.8. The van der Waals surface area contributed by atoms with Crippen LogP contribution in [0.3, 0.4) is 0 Å². The molecule has 1 aliphatic rings. The molecule has 2 heterocycles. The molecule has 1 amide bonds. The van der Waals surface area contributed by atoms with E-state index >= 15 is 0 Å². The minimum atomic E-state index is -0.138. The summed E-state index contributed by atoms with van der Waals surface area (Å²) in [4.78, 5) is 15.2. The summed E-state index contributed by atoms with van der Waals surface area (Å²) >= 11 is 0. The molecule has 3 aromatic rings. The van der Waals surface area contributed by atoms with E-state index in [1.807, 2.05) is 30.3 Å². The number of aromatic amines is 1. The summed E-state index contributed by atoms with van der Waals surface area (Å²) < 4.78 is 10.5. The highest BCUT2D eigenvalue weighted by Crippen LogP contribution is 2.22. The van der Waals surface area contributed by atoms with Crippen LogP contribution in [0.15, 0.2) is 42.5 Å². The van der Waals surface area contributed by atoms with Crippen molar-refractivity contribution in [2.45, 2.75) is 19.3 Å². The van der Waals surface area contributed by atoms with Crippen molar-refractivity contribution in [1.82, 2.24) is 20.4 Å². The third-order valence-electron chi connectivity index (χ3n) is 6.12. The van der Waals surface area contributed by atoms with Crippen molar-refractivity contribution in [3.05, 3.63) is 53.7 Å². The molecule has 4 rings (SSSR count). The number of nitrogens with zero attached hydrogens (tertiary/aromatic N) is 2. The van der Waals surface area contributed by atoms with Gasteiger partial charge in [0.15, 0.2) is 5.69 Å². The number of H-pyrrole nitrogens is 1. The number of fused-ring (bicyclic) bond motifs is 1. The topological polar surface area (TPSA) is 79.5 Å². The van der Waals surface area contributed by atoms with Gasteiger partial charge in [-0.2, -0.15) is 5.10 Å². The van der Waals surface area contributed by atoms with Crippen LogP contribution in [0.5, 0.6) is 11.5 Å². The van der Waals surface area contributed by atoms with E-state index in [1.165, 1.54) is 5.56 Å². The fourth-order valence-electron chi connectivity index (χ4n) is 4.11. The van der Waals surface area contributed by atoms with Gasteiger partial charge in [0.1, 0.15) is 11.5 Å². The SMILES string of the molecule is COc1ccc(CCN2CCC(CNC(=O)c3n[nH]c4ccc(OC)cc34)CC2)cc1. The summed E-state index contributed by atoms with van der Waals surface area (Å²) in [7, 11) is 3.31.